The first-order valence-corrected chi connectivity index (χ1v) is 10.1. The Hall–Kier alpha value is -2.60. The highest BCUT2D eigenvalue weighted by atomic mass is 32.2. The summed E-state index contributed by atoms with van der Waals surface area (Å²) in [5.41, 5.74) is 2.92. The third-order valence-electron chi connectivity index (χ3n) is 4.48. The van der Waals surface area contributed by atoms with Crippen molar-refractivity contribution in [3.63, 3.8) is 0 Å². The molecule has 1 aromatic heterocycles. The molecule has 5 nitrogen and oxygen atoms in total. The minimum Gasteiger partial charge on any atom is -0.440 e. The van der Waals surface area contributed by atoms with Crippen LogP contribution < -0.4 is 4.72 Å². The average Bonchev–Trinajstić information content (AvgIpc) is 3.32. The fraction of sp³-hybridized carbons (Fsp3) is 0.250. The Morgan fingerprint density at radius 2 is 1.92 bits per heavy atom. The molecule has 26 heavy (non-hydrogen) atoms. The molecule has 3 aromatic rings. The lowest BCUT2D eigenvalue weighted by Gasteiger charge is -2.12. The number of benzene rings is 2. The van der Waals surface area contributed by atoms with Crippen LogP contribution in [0, 0.1) is 13.8 Å². The summed E-state index contributed by atoms with van der Waals surface area (Å²) in [5, 5.41) is 0. The normalized spacial score (nSPS) is 14.4. The van der Waals surface area contributed by atoms with E-state index in [0.717, 1.165) is 24.3 Å². The van der Waals surface area contributed by atoms with Crippen molar-refractivity contribution < 1.29 is 12.8 Å². The number of oxazole rings is 1. The Morgan fingerprint density at radius 3 is 2.65 bits per heavy atom. The molecule has 0 spiro atoms. The van der Waals surface area contributed by atoms with Gasteiger partial charge < -0.3 is 4.42 Å². The smallest absolute Gasteiger partial charge is 0.262 e. The van der Waals surface area contributed by atoms with E-state index in [1.165, 1.54) is 0 Å². The zero-order chi connectivity index (χ0) is 18.3. The van der Waals surface area contributed by atoms with Crippen molar-refractivity contribution in [3.05, 3.63) is 65.7 Å². The fourth-order valence-electron chi connectivity index (χ4n) is 2.90. The van der Waals surface area contributed by atoms with Crippen LogP contribution in [0.5, 0.6) is 0 Å². The minimum absolute atomic E-state index is 0.237. The molecule has 1 heterocycles. The minimum atomic E-state index is -3.70. The van der Waals surface area contributed by atoms with Crippen molar-refractivity contribution in [1.29, 1.82) is 0 Å². The Labute approximate surface area is 153 Å². The number of hydrogen-bond acceptors (Lipinski definition) is 4. The first kappa shape index (κ1) is 16.8. The molecule has 134 valence electrons. The average molecular weight is 368 g/mol. The van der Waals surface area contributed by atoms with Crippen LogP contribution in [-0.4, -0.2) is 13.4 Å². The lowest BCUT2D eigenvalue weighted by atomic mass is 10.1. The molecule has 0 amide bonds. The topological polar surface area (TPSA) is 72.2 Å². The van der Waals surface area contributed by atoms with Crippen LogP contribution in [0.4, 0.5) is 5.69 Å². The molecule has 6 heteroatoms. The third kappa shape index (κ3) is 3.37. The van der Waals surface area contributed by atoms with E-state index in [1.807, 2.05) is 25.1 Å². The fourth-order valence-corrected chi connectivity index (χ4v) is 4.22. The predicted octanol–water partition coefficient (Wildman–Crippen LogP) is 4.64. The van der Waals surface area contributed by atoms with Gasteiger partial charge in [0.15, 0.2) is 11.7 Å². The standard InChI is InChI=1S/C20H20N2O3S/c1-13-4-3-5-17(10-13)22-26(23,24)19-11-16(7-6-14(19)2)18-12-21-20(25-18)15-8-9-15/h3-7,10-12,15,22H,8-9H2,1-2H3. The second-order valence-electron chi connectivity index (χ2n) is 6.79. The van der Waals surface area contributed by atoms with E-state index >= 15 is 0 Å². The van der Waals surface area contributed by atoms with Gasteiger partial charge in [-0.25, -0.2) is 13.4 Å². The van der Waals surface area contributed by atoms with Gasteiger partial charge in [0, 0.05) is 17.2 Å². The van der Waals surface area contributed by atoms with Gasteiger partial charge in [-0.2, -0.15) is 0 Å². The van der Waals surface area contributed by atoms with Crippen LogP contribution in [0.3, 0.4) is 0 Å². The molecule has 1 aliphatic rings. The van der Waals surface area contributed by atoms with E-state index in [0.29, 0.717) is 28.5 Å². The van der Waals surface area contributed by atoms with Crippen molar-refractivity contribution in [1.82, 2.24) is 4.98 Å². The molecular formula is C20H20N2O3S. The maximum atomic E-state index is 12.9. The summed E-state index contributed by atoms with van der Waals surface area (Å²) in [5.74, 6) is 1.75. The Kier molecular flexibility index (Phi) is 4.07. The summed E-state index contributed by atoms with van der Waals surface area (Å²) < 4.78 is 34.2. The molecule has 4 rings (SSSR count). The summed E-state index contributed by atoms with van der Waals surface area (Å²) >= 11 is 0. The summed E-state index contributed by atoms with van der Waals surface area (Å²) in [6, 6.07) is 12.6. The lowest BCUT2D eigenvalue weighted by Crippen LogP contribution is -2.14. The van der Waals surface area contributed by atoms with Gasteiger partial charge in [0.25, 0.3) is 10.0 Å². The van der Waals surface area contributed by atoms with Gasteiger partial charge in [0.05, 0.1) is 11.1 Å². The summed E-state index contributed by atoms with van der Waals surface area (Å²) in [6.07, 6.45) is 3.88. The van der Waals surface area contributed by atoms with Gasteiger partial charge in [-0.3, -0.25) is 4.72 Å². The lowest BCUT2D eigenvalue weighted by molar-refractivity contribution is 0.509. The highest BCUT2D eigenvalue weighted by molar-refractivity contribution is 7.92. The maximum absolute atomic E-state index is 12.9. The molecule has 0 unspecified atom stereocenters. The summed E-state index contributed by atoms with van der Waals surface area (Å²) in [4.78, 5) is 4.55. The van der Waals surface area contributed by atoms with Gasteiger partial charge in [-0.05, 0) is 56.0 Å². The van der Waals surface area contributed by atoms with E-state index in [4.69, 9.17) is 4.42 Å². The molecule has 0 radical (unpaired) electrons. The quantitative estimate of drug-likeness (QED) is 0.712. The monoisotopic (exact) mass is 368 g/mol. The second-order valence-corrected chi connectivity index (χ2v) is 8.44. The van der Waals surface area contributed by atoms with Crippen LogP contribution in [0.25, 0.3) is 11.3 Å². The largest absolute Gasteiger partial charge is 0.440 e. The van der Waals surface area contributed by atoms with Gasteiger partial charge in [-0.15, -0.1) is 0 Å². The summed E-state index contributed by atoms with van der Waals surface area (Å²) in [7, 11) is -3.70. The van der Waals surface area contributed by atoms with Crippen molar-refractivity contribution >= 4 is 15.7 Å². The first-order chi connectivity index (χ1) is 12.4. The molecule has 1 N–H and O–H groups in total. The van der Waals surface area contributed by atoms with Crippen LogP contribution >= 0.6 is 0 Å². The molecular weight excluding hydrogens is 348 g/mol. The van der Waals surface area contributed by atoms with Crippen LogP contribution in [0.15, 0.2) is 58.0 Å². The van der Waals surface area contributed by atoms with Gasteiger partial charge >= 0.3 is 0 Å². The zero-order valence-corrected chi connectivity index (χ0v) is 15.5. The molecule has 2 aromatic carbocycles. The molecule has 1 fully saturated rings. The van der Waals surface area contributed by atoms with E-state index in [9.17, 15) is 8.42 Å². The van der Waals surface area contributed by atoms with Gasteiger partial charge in [0.2, 0.25) is 0 Å². The van der Waals surface area contributed by atoms with E-state index in [-0.39, 0.29) is 4.90 Å². The Bertz CT molecular complexity index is 1070. The van der Waals surface area contributed by atoms with E-state index in [1.54, 1.807) is 37.4 Å². The van der Waals surface area contributed by atoms with Crippen molar-refractivity contribution in [2.75, 3.05) is 4.72 Å². The number of aromatic nitrogens is 1. The molecule has 0 bridgehead atoms. The van der Waals surface area contributed by atoms with Crippen molar-refractivity contribution in [2.45, 2.75) is 37.5 Å². The van der Waals surface area contributed by atoms with Gasteiger partial charge in [0.1, 0.15) is 0 Å². The van der Waals surface area contributed by atoms with E-state index < -0.39 is 10.0 Å². The second kappa shape index (κ2) is 6.29. The number of anilines is 1. The third-order valence-corrected chi connectivity index (χ3v) is 6.01. The zero-order valence-electron chi connectivity index (χ0n) is 14.7. The number of hydrogen-bond donors (Lipinski definition) is 1. The molecule has 1 aliphatic carbocycles. The Balaban J connectivity index is 1.68. The van der Waals surface area contributed by atoms with E-state index in [2.05, 4.69) is 9.71 Å². The SMILES string of the molecule is Cc1cccc(NS(=O)(=O)c2cc(-c3cnc(C4CC4)o3)ccc2C)c1. The number of rotatable bonds is 5. The molecule has 0 aliphatic heterocycles. The molecule has 0 saturated heterocycles. The van der Waals surface area contributed by atoms with Crippen LogP contribution in [-0.2, 0) is 10.0 Å². The number of sulfonamides is 1. The number of nitrogens with zero attached hydrogens (tertiary/aromatic N) is 1. The highest BCUT2D eigenvalue weighted by Gasteiger charge is 2.29. The van der Waals surface area contributed by atoms with Gasteiger partial charge in [-0.1, -0.05) is 24.3 Å². The van der Waals surface area contributed by atoms with Crippen LogP contribution in [0.1, 0.15) is 35.8 Å². The molecule has 1 saturated carbocycles. The summed E-state index contributed by atoms with van der Waals surface area (Å²) in [6.45, 7) is 3.70. The predicted molar refractivity (Wildman–Crippen MR) is 101 cm³/mol. The first-order valence-electron chi connectivity index (χ1n) is 8.58. The highest BCUT2D eigenvalue weighted by Crippen LogP contribution is 2.40. The number of aryl methyl sites for hydroxylation is 2. The van der Waals surface area contributed by atoms with Crippen LogP contribution in [0.2, 0.25) is 0 Å². The van der Waals surface area contributed by atoms with Crippen molar-refractivity contribution in [2.24, 2.45) is 0 Å². The molecule has 0 atom stereocenters. The maximum Gasteiger partial charge on any atom is 0.262 e. The van der Waals surface area contributed by atoms with Crippen molar-refractivity contribution in [3.8, 4) is 11.3 Å². The number of nitrogens with one attached hydrogen (secondary N) is 1. The Morgan fingerprint density at radius 1 is 1.12 bits per heavy atom.